The second kappa shape index (κ2) is 9.69. The van der Waals surface area contributed by atoms with Crippen molar-refractivity contribution in [3.63, 3.8) is 0 Å². The Morgan fingerprint density at radius 1 is 1.03 bits per heavy atom. The molecule has 0 aliphatic heterocycles. The van der Waals surface area contributed by atoms with Crippen molar-refractivity contribution in [1.29, 1.82) is 0 Å². The van der Waals surface area contributed by atoms with Gasteiger partial charge in [0, 0.05) is 0 Å². The van der Waals surface area contributed by atoms with Crippen LogP contribution in [0.15, 0.2) is 42.5 Å². The van der Waals surface area contributed by atoms with Gasteiger partial charge in [-0.15, -0.1) is 0 Å². The number of allylic oxidation sites excluding steroid dienone is 2. The van der Waals surface area contributed by atoms with E-state index in [-0.39, 0.29) is 5.75 Å². The van der Waals surface area contributed by atoms with E-state index in [1.807, 2.05) is 31.2 Å². The van der Waals surface area contributed by atoms with Crippen LogP contribution in [0.2, 0.25) is 0 Å². The maximum atomic E-state index is 14.7. The summed E-state index contributed by atoms with van der Waals surface area (Å²) in [7, 11) is 0. The Labute approximate surface area is 172 Å². The molecule has 0 saturated heterocycles. The summed E-state index contributed by atoms with van der Waals surface area (Å²) in [6.07, 6.45) is 7.23. The minimum Gasteiger partial charge on any atom is -0.429 e. The van der Waals surface area contributed by atoms with Gasteiger partial charge in [-0.05, 0) is 79.8 Å². The lowest BCUT2D eigenvalue weighted by Gasteiger charge is -2.32. The highest BCUT2D eigenvalue weighted by atomic mass is 19.3. The fourth-order valence-electron chi connectivity index (χ4n) is 4.26. The average molecular weight is 405 g/mol. The van der Waals surface area contributed by atoms with Crippen LogP contribution in [0, 0.1) is 17.7 Å². The average Bonchev–Trinajstić information content (AvgIpc) is 2.69. The topological polar surface area (TPSA) is 9.23 Å². The lowest BCUT2D eigenvalue weighted by Crippen LogP contribution is -2.37. The minimum absolute atomic E-state index is 0.357. The SMILES string of the molecule is C/C=C/C1CCC(C(F)(F)Oc2cc3ccc(CCCCC)cc3cc2F)CC1. The predicted molar refractivity (Wildman–Crippen MR) is 113 cm³/mol. The summed E-state index contributed by atoms with van der Waals surface area (Å²) < 4.78 is 48.9. The Balaban J connectivity index is 1.72. The molecule has 0 unspecified atom stereocenters. The molecule has 1 fully saturated rings. The highest BCUT2D eigenvalue weighted by Crippen LogP contribution is 2.41. The van der Waals surface area contributed by atoms with Crippen LogP contribution in [0.4, 0.5) is 13.2 Å². The molecule has 0 spiro atoms. The van der Waals surface area contributed by atoms with Crippen molar-refractivity contribution in [3.8, 4) is 5.75 Å². The number of halogens is 3. The van der Waals surface area contributed by atoms with Crippen LogP contribution < -0.4 is 4.74 Å². The van der Waals surface area contributed by atoms with Crippen LogP contribution in [0.25, 0.3) is 10.8 Å². The zero-order chi connectivity index (χ0) is 20.9. The number of hydrogen-bond acceptors (Lipinski definition) is 1. The number of alkyl halides is 2. The molecule has 1 aliphatic rings. The zero-order valence-corrected chi connectivity index (χ0v) is 17.4. The molecule has 158 valence electrons. The fraction of sp³-hybridized carbons (Fsp3) is 0.520. The molecule has 2 aromatic carbocycles. The molecule has 29 heavy (non-hydrogen) atoms. The number of aryl methyl sites for hydroxylation is 1. The molecule has 1 aliphatic carbocycles. The van der Waals surface area contributed by atoms with E-state index in [2.05, 4.69) is 13.0 Å². The molecule has 0 heterocycles. The highest BCUT2D eigenvalue weighted by molar-refractivity contribution is 5.84. The molecule has 0 aromatic heterocycles. The number of ether oxygens (including phenoxy) is 1. The second-order valence-corrected chi connectivity index (χ2v) is 8.22. The normalized spacial score (nSPS) is 20.4. The van der Waals surface area contributed by atoms with E-state index < -0.39 is 17.8 Å². The van der Waals surface area contributed by atoms with Crippen LogP contribution in [0.1, 0.15) is 64.4 Å². The van der Waals surface area contributed by atoms with E-state index in [0.29, 0.717) is 24.1 Å². The molecular weight excluding hydrogens is 373 g/mol. The third-order valence-corrected chi connectivity index (χ3v) is 5.98. The van der Waals surface area contributed by atoms with E-state index in [1.54, 1.807) is 0 Å². The van der Waals surface area contributed by atoms with Gasteiger partial charge < -0.3 is 4.74 Å². The summed E-state index contributed by atoms with van der Waals surface area (Å²) in [5.41, 5.74) is 1.14. The van der Waals surface area contributed by atoms with Crippen LogP contribution in [0.5, 0.6) is 5.75 Å². The molecule has 0 N–H and O–H groups in total. The van der Waals surface area contributed by atoms with Gasteiger partial charge in [0.1, 0.15) is 0 Å². The summed E-state index contributed by atoms with van der Waals surface area (Å²) in [5.74, 6) is -1.61. The molecule has 3 rings (SSSR count). The molecule has 1 nitrogen and oxygen atoms in total. The van der Waals surface area contributed by atoms with E-state index in [1.165, 1.54) is 12.1 Å². The van der Waals surface area contributed by atoms with E-state index in [4.69, 9.17) is 4.74 Å². The molecule has 0 atom stereocenters. The van der Waals surface area contributed by atoms with Gasteiger partial charge in [-0.1, -0.05) is 50.1 Å². The first-order valence-electron chi connectivity index (χ1n) is 10.8. The van der Waals surface area contributed by atoms with Crippen molar-refractivity contribution >= 4 is 10.8 Å². The van der Waals surface area contributed by atoms with E-state index in [0.717, 1.165) is 49.5 Å². The molecular formula is C25H31F3O. The zero-order valence-electron chi connectivity index (χ0n) is 17.4. The second-order valence-electron chi connectivity index (χ2n) is 8.22. The van der Waals surface area contributed by atoms with Gasteiger partial charge in [0.15, 0.2) is 11.6 Å². The van der Waals surface area contributed by atoms with Gasteiger partial charge in [0.05, 0.1) is 5.92 Å². The van der Waals surface area contributed by atoms with Gasteiger partial charge in [0.2, 0.25) is 0 Å². The van der Waals surface area contributed by atoms with Crippen LogP contribution >= 0.6 is 0 Å². The van der Waals surface area contributed by atoms with Crippen LogP contribution in [0.3, 0.4) is 0 Å². The molecule has 0 radical (unpaired) electrons. The smallest absolute Gasteiger partial charge is 0.400 e. The Morgan fingerprint density at radius 3 is 2.48 bits per heavy atom. The van der Waals surface area contributed by atoms with Crippen LogP contribution in [-0.4, -0.2) is 6.11 Å². The number of fused-ring (bicyclic) bond motifs is 1. The number of hydrogen-bond donors (Lipinski definition) is 0. The first kappa shape index (κ1) is 21.7. The van der Waals surface area contributed by atoms with Crippen molar-refractivity contribution in [3.05, 3.63) is 53.9 Å². The maximum Gasteiger partial charge on any atom is 0.400 e. The minimum atomic E-state index is -3.37. The quantitative estimate of drug-likeness (QED) is 0.319. The van der Waals surface area contributed by atoms with Gasteiger partial charge in [-0.2, -0.15) is 8.78 Å². The van der Waals surface area contributed by atoms with E-state index in [9.17, 15) is 13.2 Å². The summed E-state index contributed by atoms with van der Waals surface area (Å²) in [6.45, 7) is 4.10. The lowest BCUT2D eigenvalue weighted by molar-refractivity contribution is -0.224. The Hall–Kier alpha value is -1.97. The predicted octanol–water partition coefficient (Wildman–Crippen LogP) is 8.07. The maximum absolute atomic E-state index is 14.7. The van der Waals surface area contributed by atoms with Gasteiger partial charge in [-0.25, -0.2) is 4.39 Å². The molecule has 0 bridgehead atoms. The molecule has 1 saturated carbocycles. The number of rotatable bonds is 8. The highest BCUT2D eigenvalue weighted by Gasteiger charge is 2.44. The first-order valence-corrected chi connectivity index (χ1v) is 10.8. The summed E-state index contributed by atoms with van der Waals surface area (Å²) >= 11 is 0. The van der Waals surface area contributed by atoms with Gasteiger partial charge in [-0.3, -0.25) is 0 Å². The third-order valence-electron chi connectivity index (χ3n) is 5.98. The molecule has 0 amide bonds. The molecule has 2 aromatic rings. The Kier molecular flexibility index (Phi) is 7.26. The van der Waals surface area contributed by atoms with Crippen LogP contribution in [-0.2, 0) is 6.42 Å². The first-order chi connectivity index (χ1) is 13.9. The Morgan fingerprint density at radius 2 is 1.79 bits per heavy atom. The molecule has 4 heteroatoms. The Bertz CT molecular complexity index is 835. The number of benzene rings is 2. The third kappa shape index (κ3) is 5.55. The van der Waals surface area contributed by atoms with Gasteiger partial charge >= 0.3 is 6.11 Å². The van der Waals surface area contributed by atoms with Crippen molar-refractivity contribution in [1.82, 2.24) is 0 Å². The monoisotopic (exact) mass is 404 g/mol. The largest absolute Gasteiger partial charge is 0.429 e. The number of unbranched alkanes of at least 4 members (excludes halogenated alkanes) is 2. The van der Waals surface area contributed by atoms with E-state index >= 15 is 0 Å². The van der Waals surface area contributed by atoms with Gasteiger partial charge in [0.25, 0.3) is 0 Å². The fourth-order valence-corrected chi connectivity index (χ4v) is 4.26. The van der Waals surface area contributed by atoms with Crippen molar-refractivity contribution in [2.75, 3.05) is 0 Å². The summed E-state index contributed by atoms with van der Waals surface area (Å²) in [5, 5.41) is 1.44. The van der Waals surface area contributed by atoms with Crippen molar-refractivity contribution < 1.29 is 17.9 Å². The standard InChI is InChI=1S/C25H31F3O/c1-3-5-6-8-19-9-12-20-17-24(23(26)16-21(20)15-19)29-25(27,28)22-13-10-18(7-4-2)11-14-22/h4,7,9,12,15-18,22H,3,5-6,8,10-11,13-14H2,1-2H3/b7-4+. The van der Waals surface area contributed by atoms with Crippen molar-refractivity contribution in [2.24, 2.45) is 11.8 Å². The van der Waals surface area contributed by atoms with Crippen molar-refractivity contribution in [2.45, 2.75) is 71.3 Å². The summed E-state index contributed by atoms with van der Waals surface area (Å²) in [4.78, 5) is 0. The lowest BCUT2D eigenvalue weighted by atomic mass is 9.81. The summed E-state index contributed by atoms with van der Waals surface area (Å²) in [6, 6.07) is 8.51.